The van der Waals surface area contributed by atoms with Crippen molar-refractivity contribution in [2.24, 2.45) is 0 Å². The zero-order chi connectivity index (χ0) is 13.1. The Morgan fingerprint density at radius 1 is 1.22 bits per heavy atom. The van der Waals surface area contributed by atoms with Crippen LogP contribution in [-0.2, 0) is 0 Å². The van der Waals surface area contributed by atoms with Gasteiger partial charge in [0.15, 0.2) is 5.82 Å². The third-order valence-corrected chi connectivity index (χ3v) is 2.30. The maximum Gasteiger partial charge on any atom is 0.258 e. The molecule has 3 N–H and O–H groups in total. The van der Waals surface area contributed by atoms with E-state index in [0.29, 0.717) is 0 Å². The van der Waals surface area contributed by atoms with E-state index in [4.69, 9.17) is 5.73 Å². The van der Waals surface area contributed by atoms with Gasteiger partial charge in [-0.05, 0) is 18.2 Å². The molecular weight excluding hydrogens is 240 g/mol. The van der Waals surface area contributed by atoms with Gasteiger partial charge < -0.3 is 11.1 Å². The predicted octanol–water partition coefficient (Wildman–Crippen LogP) is 2.19. The van der Waals surface area contributed by atoms with Gasteiger partial charge in [-0.25, -0.2) is 8.78 Å². The number of aromatic nitrogens is 1. The lowest BCUT2D eigenvalue weighted by Gasteiger charge is -2.09. The molecule has 0 bridgehead atoms. The summed E-state index contributed by atoms with van der Waals surface area (Å²) in [5, 5.41) is 2.23. The number of rotatable bonds is 2. The van der Waals surface area contributed by atoms with Gasteiger partial charge in [-0.2, -0.15) is 0 Å². The zero-order valence-corrected chi connectivity index (χ0v) is 9.15. The Bertz CT molecular complexity index is 581. The molecule has 0 aliphatic carbocycles. The number of carbonyl (C=O) groups is 1. The number of amides is 1. The molecule has 92 valence electrons. The first kappa shape index (κ1) is 12.0. The van der Waals surface area contributed by atoms with E-state index in [-0.39, 0.29) is 16.9 Å². The zero-order valence-electron chi connectivity index (χ0n) is 9.15. The van der Waals surface area contributed by atoms with E-state index in [9.17, 15) is 13.6 Å². The summed E-state index contributed by atoms with van der Waals surface area (Å²) in [6.45, 7) is 0. The van der Waals surface area contributed by atoms with Crippen molar-refractivity contribution in [2.75, 3.05) is 11.1 Å². The molecule has 0 unspecified atom stereocenters. The van der Waals surface area contributed by atoms with Gasteiger partial charge in [0.2, 0.25) is 0 Å². The minimum absolute atomic E-state index is 0.0674. The number of nitrogens with zero attached hydrogens (tertiary/aromatic N) is 1. The molecule has 0 fully saturated rings. The highest BCUT2D eigenvalue weighted by molar-refractivity contribution is 6.05. The number of pyridine rings is 1. The van der Waals surface area contributed by atoms with Gasteiger partial charge >= 0.3 is 0 Å². The van der Waals surface area contributed by atoms with Gasteiger partial charge in [-0.3, -0.25) is 9.78 Å². The fraction of sp³-hybridized carbons (Fsp3) is 0. The molecule has 6 heteroatoms. The molecule has 1 heterocycles. The highest BCUT2D eigenvalue weighted by Gasteiger charge is 2.14. The highest BCUT2D eigenvalue weighted by atomic mass is 19.1. The second-order valence-corrected chi connectivity index (χ2v) is 3.51. The van der Waals surface area contributed by atoms with Crippen LogP contribution in [0.5, 0.6) is 0 Å². The molecule has 1 aromatic heterocycles. The topological polar surface area (TPSA) is 68.0 Å². The second-order valence-electron chi connectivity index (χ2n) is 3.51. The Balaban J connectivity index is 2.30. The lowest BCUT2D eigenvalue weighted by atomic mass is 10.2. The van der Waals surface area contributed by atoms with E-state index in [0.717, 1.165) is 12.3 Å². The number of benzene rings is 1. The van der Waals surface area contributed by atoms with Crippen molar-refractivity contribution < 1.29 is 13.6 Å². The van der Waals surface area contributed by atoms with Gasteiger partial charge in [0, 0.05) is 6.20 Å². The highest BCUT2D eigenvalue weighted by Crippen LogP contribution is 2.22. The van der Waals surface area contributed by atoms with E-state index in [1.54, 1.807) is 0 Å². The van der Waals surface area contributed by atoms with Crippen LogP contribution in [0.15, 0.2) is 36.7 Å². The van der Waals surface area contributed by atoms with Gasteiger partial charge in [0.1, 0.15) is 11.5 Å². The summed E-state index contributed by atoms with van der Waals surface area (Å²) in [4.78, 5) is 15.3. The molecule has 2 rings (SSSR count). The second kappa shape index (κ2) is 4.79. The summed E-state index contributed by atoms with van der Waals surface area (Å²) >= 11 is 0. The molecule has 2 aromatic rings. The van der Waals surface area contributed by atoms with Gasteiger partial charge in [0.25, 0.3) is 5.91 Å². The van der Waals surface area contributed by atoms with E-state index >= 15 is 0 Å². The van der Waals surface area contributed by atoms with E-state index in [1.165, 1.54) is 24.4 Å². The molecule has 4 nitrogen and oxygen atoms in total. The van der Waals surface area contributed by atoms with Crippen molar-refractivity contribution in [3.05, 3.63) is 53.9 Å². The molecule has 18 heavy (non-hydrogen) atoms. The van der Waals surface area contributed by atoms with E-state index in [2.05, 4.69) is 10.3 Å². The third-order valence-electron chi connectivity index (χ3n) is 2.30. The van der Waals surface area contributed by atoms with Crippen LogP contribution >= 0.6 is 0 Å². The lowest BCUT2D eigenvalue weighted by molar-refractivity contribution is 0.102. The van der Waals surface area contributed by atoms with Crippen LogP contribution in [0.25, 0.3) is 0 Å². The van der Waals surface area contributed by atoms with Crippen LogP contribution in [0.3, 0.4) is 0 Å². The summed E-state index contributed by atoms with van der Waals surface area (Å²) in [5.41, 5.74) is 5.20. The van der Waals surface area contributed by atoms with Gasteiger partial charge in [0.05, 0.1) is 17.4 Å². The maximum atomic E-state index is 13.4. The largest absolute Gasteiger partial charge is 0.397 e. The quantitative estimate of drug-likeness (QED) is 0.801. The molecule has 0 aliphatic rings. The van der Waals surface area contributed by atoms with Crippen LogP contribution in [0.2, 0.25) is 0 Å². The first-order chi connectivity index (χ1) is 8.59. The number of hydrogen-bond donors (Lipinski definition) is 2. The minimum atomic E-state index is -0.787. The number of carbonyl (C=O) groups excluding carboxylic acids is 1. The summed E-state index contributed by atoms with van der Waals surface area (Å²) < 4.78 is 26.7. The SMILES string of the molecule is Nc1cccc(F)c1NC(=O)c1ccncc1F. The van der Waals surface area contributed by atoms with Crippen LogP contribution < -0.4 is 11.1 Å². The Morgan fingerprint density at radius 2 is 2.00 bits per heavy atom. The van der Waals surface area contributed by atoms with E-state index < -0.39 is 17.5 Å². The smallest absolute Gasteiger partial charge is 0.258 e. The van der Waals surface area contributed by atoms with Crippen molar-refractivity contribution in [1.82, 2.24) is 4.98 Å². The van der Waals surface area contributed by atoms with Gasteiger partial charge in [-0.1, -0.05) is 6.07 Å². The standard InChI is InChI=1S/C12H9F2N3O/c13-8-2-1-3-10(15)11(8)17-12(18)7-4-5-16-6-9(7)14/h1-6H,15H2,(H,17,18). The van der Waals surface area contributed by atoms with Crippen LogP contribution in [0, 0.1) is 11.6 Å². The van der Waals surface area contributed by atoms with E-state index in [1.807, 2.05) is 0 Å². The number of nitrogens with two attached hydrogens (primary N) is 1. The monoisotopic (exact) mass is 249 g/mol. The van der Waals surface area contributed by atoms with Crippen molar-refractivity contribution >= 4 is 17.3 Å². The number of para-hydroxylation sites is 1. The normalized spacial score (nSPS) is 10.1. The molecule has 1 amide bonds. The van der Waals surface area contributed by atoms with Crippen molar-refractivity contribution in [1.29, 1.82) is 0 Å². The van der Waals surface area contributed by atoms with Crippen LogP contribution in [0.1, 0.15) is 10.4 Å². The predicted molar refractivity (Wildman–Crippen MR) is 63.0 cm³/mol. The Kier molecular flexibility index (Phi) is 3.18. The molecule has 0 saturated carbocycles. The average molecular weight is 249 g/mol. The molecular formula is C12H9F2N3O. The number of anilines is 2. The van der Waals surface area contributed by atoms with Crippen LogP contribution in [0.4, 0.5) is 20.2 Å². The van der Waals surface area contributed by atoms with Gasteiger partial charge in [-0.15, -0.1) is 0 Å². The summed E-state index contributed by atoms with van der Waals surface area (Å²) in [7, 11) is 0. The first-order valence-electron chi connectivity index (χ1n) is 5.04. The van der Waals surface area contributed by atoms with Crippen molar-refractivity contribution in [2.45, 2.75) is 0 Å². The number of halogens is 2. The molecule has 0 aliphatic heterocycles. The number of nitrogens with one attached hydrogen (secondary N) is 1. The Hall–Kier alpha value is -2.50. The average Bonchev–Trinajstić information content (AvgIpc) is 2.34. The molecule has 0 spiro atoms. The first-order valence-corrected chi connectivity index (χ1v) is 5.04. The molecule has 0 saturated heterocycles. The summed E-state index contributed by atoms with van der Waals surface area (Å²) in [6.07, 6.45) is 2.17. The lowest BCUT2D eigenvalue weighted by Crippen LogP contribution is -2.16. The molecule has 0 atom stereocenters. The molecule has 1 aromatic carbocycles. The number of nitrogen functional groups attached to an aromatic ring is 1. The fourth-order valence-electron chi connectivity index (χ4n) is 1.41. The minimum Gasteiger partial charge on any atom is -0.397 e. The Morgan fingerprint density at radius 3 is 2.67 bits per heavy atom. The molecule has 0 radical (unpaired) electrons. The van der Waals surface area contributed by atoms with Crippen molar-refractivity contribution in [3.8, 4) is 0 Å². The number of hydrogen-bond acceptors (Lipinski definition) is 3. The summed E-state index contributed by atoms with van der Waals surface area (Å²) in [6, 6.07) is 5.19. The fourth-order valence-corrected chi connectivity index (χ4v) is 1.41. The maximum absolute atomic E-state index is 13.4. The Labute approximate surface area is 101 Å². The summed E-state index contributed by atoms with van der Waals surface area (Å²) in [5.74, 6) is -2.26. The third kappa shape index (κ3) is 2.27. The van der Waals surface area contributed by atoms with Crippen LogP contribution in [-0.4, -0.2) is 10.9 Å². The van der Waals surface area contributed by atoms with Crippen molar-refractivity contribution in [3.63, 3.8) is 0 Å².